The summed E-state index contributed by atoms with van der Waals surface area (Å²) in [5.74, 6) is -11.6. The number of esters is 8. The molecule has 0 saturated carbocycles. The summed E-state index contributed by atoms with van der Waals surface area (Å²) in [6.07, 6.45) is 0. The summed E-state index contributed by atoms with van der Waals surface area (Å²) in [6.45, 7) is 5.53. The summed E-state index contributed by atoms with van der Waals surface area (Å²) in [6, 6.07) is 0. The lowest BCUT2D eigenvalue weighted by atomic mass is 9.92. The van der Waals surface area contributed by atoms with E-state index in [2.05, 4.69) is 85.4 Å². The lowest BCUT2D eigenvalue weighted by Crippen LogP contribution is -2.43. The first kappa shape index (κ1) is 56.8. The minimum absolute atomic E-state index is 0.205. The molecule has 0 rings (SSSR count). The summed E-state index contributed by atoms with van der Waals surface area (Å²) in [5.41, 5.74) is 31.3. The first-order valence-electron chi connectivity index (χ1n) is 17.6. The largest absolute Gasteiger partial charge is 0.455 e. The van der Waals surface area contributed by atoms with Gasteiger partial charge in [-0.05, 0) is 22.1 Å². The molecule has 0 bridgehead atoms. The van der Waals surface area contributed by atoms with Crippen LogP contribution in [0.1, 0.15) is 0 Å². The van der Waals surface area contributed by atoms with Crippen LogP contribution < -0.4 is 0 Å². The van der Waals surface area contributed by atoms with Crippen LogP contribution in [0.5, 0.6) is 0 Å². The molecule has 0 spiro atoms. The van der Waals surface area contributed by atoms with E-state index < -0.39 is 159 Å². The maximum Gasteiger partial charge on any atom is 0.417 e. The fraction of sp³-hybridized carbons (Fsp3) is 0.515. The minimum atomic E-state index is -1.45. The monoisotopic (exact) mass is 924 g/mol. The average Bonchev–Trinajstić information content (AvgIpc) is 3.27. The second-order valence-electron chi connectivity index (χ2n) is 11.6. The number of nitrogens with zero attached hydrogens (tertiary/aromatic N) is 12. The molecule has 0 aliphatic heterocycles. The Balaban J connectivity index is 5.87. The van der Waals surface area contributed by atoms with Gasteiger partial charge in [0, 0.05) is 42.4 Å². The molecule has 0 unspecified atom stereocenters. The van der Waals surface area contributed by atoms with E-state index in [0.717, 1.165) is 0 Å². The van der Waals surface area contributed by atoms with Crippen molar-refractivity contribution in [2.75, 3.05) is 106 Å². The van der Waals surface area contributed by atoms with Gasteiger partial charge in [0.1, 0.15) is 52.9 Å². The molecular formula is C33H40N12O20. The van der Waals surface area contributed by atoms with Gasteiger partial charge >= 0.3 is 47.8 Å². The van der Waals surface area contributed by atoms with Crippen LogP contribution in [-0.2, 0) is 95.2 Å². The molecule has 65 heavy (non-hydrogen) atoms. The van der Waals surface area contributed by atoms with Crippen molar-refractivity contribution in [1.29, 1.82) is 0 Å². The van der Waals surface area contributed by atoms with Gasteiger partial charge in [-0.25, -0.2) is 38.4 Å². The summed E-state index contributed by atoms with van der Waals surface area (Å²) < 4.78 is 60.2. The Hall–Kier alpha value is -8.20. The van der Waals surface area contributed by atoms with Gasteiger partial charge in [0.15, 0.2) is 0 Å². The number of hydrogen-bond donors (Lipinski definition) is 0. The summed E-state index contributed by atoms with van der Waals surface area (Å²) in [4.78, 5) is 105. The van der Waals surface area contributed by atoms with Crippen LogP contribution in [-0.4, -0.2) is 153 Å². The van der Waals surface area contributed by atoms with Crippen molar-refractivity contribution < 1.29 is 95.2 Å². The highest BCUT2D eigenvalue weighted by molar-refractivity contribution is 6.30. The van der Waals surface area contributed by atoms with Crippen molar-refractivity contribution in [2.24, 2.45) is 25.9 Å². The number of rotatable bonds is 32. The molecular weight excluding hydrogens is 884 g/mol. The Kier molecular flexibility index (Phi) is 30.1. The quantitative estimate of drug-likeness (QED) is 0.0176. The molecule has 352 valence electrons. The van der Waals surface area contributed by atoms with Crippen molar-refractivity contribution in [2.45, 2.75) is 0 Å². The van der Waals surface area contributed by atoms with Gasteiger partial charge < -0.3 is 56.8 Å². The second kappa shape index (κ2) is 34.4. The van der Waals surface area contributed by atoms with Crippen LogP contribution in [0.3, 0.4) is 0 Å². The van der Waals surface area contributed by atoms with E-state index in [4.69, 9.17) is 60.0 Å². The topological polar surface area (TPSA) is 442 Å². The first-order chi connectivity index (χ1) is 31.0. The van der Waals surface area contributed by atoms with E-state index >= 15 is 0 Å². The molecule has 0 N–H and O–H groups in total. The Morgan fingerprint density at radius 1 is 0.338 bits per heavy atom. The SMILES string of the molecule is C=C(COC(=O)C(=O)OCCOCC(COCCOC(=O)C(=O)OCC(=C)N=[N+]=[N-])(COCCOC(=O)C(=O)OCC(=C)N=[N+]=[N-])COCCOC(=O)C(=O)OCC(=C)N=[N+]=[N-])N=[N+]=[N-]. The molecule has 0 radical (unpaired) electrons. The number of azide groups is 4. The minimum Gasteiger partial charge on any atom is -0.455 e. The first-order valence-corrected chi connectivity index (χ1v) is 17.6. The normalized spacial score (nSPS) is 10.7. The maximum absolute atomic E-state index is 12.0. The smallest absolute Gasteiger partial charge is 0.417 e. The van der Waals surface area contributed by atoms with E-state index in [-0.39, 0.29) is 22.8 Å². The van der Waals surface area contributed by atoms with Crippen LogP contribution in [0.15, 0.2) is 69.6 Å². The Morgan fingerprint density at radius 3 is 0.708 bits per heavy atom. The Morgan fingerprint density at radius 2 is 0.523 bits per heavy atom. The molecule has 0 amide bonds. The molecule has 0 saturated heterocycles. The van der Waals surface area contributed by atoms with E-state index in [1.54, 1.807) is 0 Å². The molecule has 0 aromatic rings. The number of hydrogen-bond acceptors (Lipinski definition) is 24. The summed E-state index contributed by atoms with van der Waals surface area (Å²) in [5, 5.41) is 12.4. The zero-order valence-electron chi connectivity index (χ0n) is 34.2. The lowest BCUT2D eigenvalue weighted by molar-refractivity contribution is -0.171. The lowest BCUT2D eigenvalue weighted by Gasteiger charge is -2.33. The van der Waals surface area contributed by atoms with Gasteiger partial charge in [0.2, 0.25) is 0 Å². The van der Waals surface area contributed by atoms with Crippen molar-refractivity contribution in [3.63, 3.8) is 0 Å². The Bertz CT molecular complexity index is 1690. The van der Waals surface area contributed by atoms with Crippen molar-refractivity contribution in [1.82, 2.24) is 0 Å². The predicted octanol–water partition coefficient (Wildman–Crippen LogP) is 1.68. The van der Waals surface area contributed by atoms with Crippen LogP contribution in [0.2, 0.25) is 0 Å². The fourth-order valence-corrected chi connectivity index (χ4v) is 3.61. The summed E-state index contributed by atoms with van der Waals surface area (Å²) >= 11 is 0. The van der Waals surface area contributed by atoms with Crippen LogP contribution in [0, 0.1) is 5.41 Å². The second-order valence-corrected chi connectivity index (χ2v) is 11.6. The van der Waals surface area contributed by atoms with Crippen LogP contribution >= 0.6 is 0 Å². The standard InChI is InChI=1S/C33H40N12O20/c1-21(38-42-34)13-62-29(50)25(46)58-9-5-54-17-33(18-55-6-10-59-26(47)30(51)63-14-22(2)39-43-35,19-56-7-11-60-27(48)31(52)64-15-23(3)40-44-36)20-57-8-12-61-28(49)32(53)65-16-24(4)41-45-37/h1-20H2. The highest BCUT2D eigenvalue weighted by Gasteiger charge is 2.33. The van der Waals surface area contributed by atoms with Gasteiger partial charge in [0.25, 0.3) is 0 Å². The molecule has 0 aliphatic rings. The third-order valence-electron chi connectivity index (χ3n) is 6.37. The molecule has 32 nitrogen and oxygen atoms in total. The van der Waals surface area contributed by atoms with E-state index in [1.807, 2.05) is 0 Å². The highest BCUT2D eigenvalue weighted by atomic mass is 16.6. The zero-order chi connectivity index (χ0) is 48.9. The van der Waals surface area contributed by atoms with Gasteiger partial charge in [0.05, 0.1) is 58.3 Å². The van der Waals surface area contributed by atoms with Gasteiger partial charge in [-0.1, -0.05) is 46.8 Å². The van der Waals surface area contributed by atoms with E-state index in [9.17, 15) is 38.4 Å². The summed E-state index contributed by atoms with van der Waals surface area (Å²) in [7, 11) is 0. The van der Waals surface area contributed by atoms with Crippen LogP contribution in [0.4, 0.5) is 0 Å². The fourth-order valence-electron chi connectivity index (χ4n) is 3.61. The molecule has 32 heteroatoms. The molecule has 0 aliphatic carbocycles. The Labute approximate surface area is 365 Å². The maximum atomic E-state index is 12.0. The van der Waals surface area contributed by atoms with Gasteiger partial charge in [-0.15, -0.1) is 0 Å². The average molecular weight is 925 g/mol. The van der Waals surface area contributed by atoms with Crippen molar-refractivity contribution in [3.05, 3.63) is 90.9 Å². The van der Waals surface area contributed by atoms with Gasteiger partial charge in [-0.2, -0.15) is 0 Å². The molecule has 0 aromatic carbocycles. The predicted molar refractivity (Wildman–Crippen MR) is 207 cm³/mol. The third kappa shape index (κ3) is 28.1. The van der Waals surface area contributed by atoms with E-state index in [1.165, 1.54) is 0 Å². The van der Waals surface area contributed by atoms with Crippen LogP contribution in [0.25, 0.3) is 41.8 Å². The molecule has 0 aromatic heterocycles. The van der Waals surface area contributed by atoms with Gasteiger partial charge in [-0.3, -0.25) is 0 Å². The number of carbonyl (C=O) groups excluding carboxylic acids is 8. The van der Waals surface area contributed by atoms with Crippen molar-refractivity contribution >= 4 is 47.8 Å². The molecule has 0 atom stereocenters. The van der Waals surface area contributed by atoms with Crippen molar-refractivity contribution in [3.8, 4) is 0 Å². The zero-order valence-corrected chi connectivity index (χ0v) is 34.2. The number of ether oxygens (including phenoxy) is 12. The number of carbonyl (C=O) groups is 8. The van der Waals surface area contributed by atoms with E-state index in [0.29, 0.717) is 0 Å². The highest BCUT2D eigenvalue weighted by Crippen LogP contribution is 2.21. The molecule has 0 fully saturated rings. The molecule has 0 heterocycles. The third-order valence-corrected chi connectivity index (χ3v) is 6.37.